The number of carbonyl (C=O) groups excluding carboxylic acids is 1. The van der Waals surface area contributed by atoms with Crippen LogP contribution in [0, 0.1) is 0 Å². The maximum Gasteiger partial charge on any atom is 0.258 e. The van der Waals surface area contributed by atoms with E-state index >= 15 is 0 Å². The molecule has 3 rings (SSSR count). The zero-order valence-corrected chi connectivity index (χ0v) is 10.4. The summed E-state index contributed by atoms with van der Waals surface area (Å²) in [6.45, 7) is 0. The summed E-state index contributed by atoms with van der Waals surface area (Å²) in [6.07, 6.45) is 4.96. The quantitative estimate of drug-likeness (QED) is 0.704. The summed E-state index contributed by atoms with van der Waals surface area (Å²) in [4.78, 5) is 18.0. The van der Waals surface area contributed by atoms with Gasteiger partial charge >= 0.3 is 0 Å². The molecule has 4 nitrogen and oxygen atoms in total. The number of fused-ring (bicyclic) bond motifs is 1. The van der Waals surface area contributed by atoms with Gasteiger partial charge in [-0.2, -0.15) is 0 Å². The number of carbonyl (C=O) groups is 1. The average Bonchev–Trinajstić information content (AvgIpc) is 2.94. The first kappa shape index (κ1) is 11.5. The number of rotatable bonds is 2. The minimum Gasteiger partial charge on any atom is -0.464 e. The van der Waals surface area contributed by atoms with E-state index < -0.39 is 0 Å². The molecule has 0 spiro atoms. The third kappa shape index (κ3) is 2.08. The fraction of sp³-hybridized carbons (Fsp3) is 0.0667. The van der Waals surface area contributed by atoms with Crippen LogP contribution in [0.5, 0.6) is 0 Å². The molecule has 0 unspecified atom stereocenters. The van der Waals surface area contributed by atoms with Crippen LogP contribution >= 0.6 is 0 Å². The summed E-state index contributed by atoms with van der Waals surface area (Å²) in [5, 5.41) is 0.922. The number of benzene rings is 1. The maximum absolute atomic E-state index is 12.4. The minimum atomic E-state index is -0.0731. The van der Waals surface area contributed by atoms with Gasteiger partial charge in [-0.25, -0.2) is 0 Å². The van der Waals surface area contributed by atoms with Gasteiger partial charge in [0, 0.05) is 24.2 Å². The van der Waals surface area contributed by atoms with E-state index in [1.54, 1.807) is 48.8 Å². The molecule has 19 heavy (non-hydrogen) atoms. The first-order valence-corrected chi connectivity index (χ1v) is 5.91. The van der Waals surface area contributed by atoms with Crippen LogP contribution in [0.15, 0.2) is 59.5 Å². The summed E-state index contributed by atoms with van der Waals surface area (Å²) in [7, 11) is 1.74. The number of hydrogen-bond donors (Lipinski definition) is 0. The second-order valence-corrected chi connectivity index (χ2v) is 4.25. The van der Waals surface area contributed by atoms with E-state index in [-0.39, 0.29) is 5.91 Å². The van der Waals surface area contributed by atoms with Gasteiger partial charge in [-0.3, -0.25) is 9.78 Å². The van der Waals surface area contributed by atoms with Crippen molar-refractivity contribution in [3.63, 3.8) is 0 Å². The summed E-state index contributed by atoms with van der Waals surface area (Å²) < 4.78 is 5.26. The second-order valence-electron chi connectivity index (χ2n) is 4.25. The molecule has 1 amide bonds. The Balaban J connectivity index is 1.95. The van der Waals surface area contributed by atoms with Gasteiger partial charge in [0.25, 0.3) is 5.91 Å². The highest BCUT2D eigenvalue weighted by molar-refractivity contribution is 6.07. The van der Waals surface area contributed by atoms with Crippen LogP contribution in [-0.2, 0) is 0 Å². The third-order valence-electron chi connectivity index (χ3n) is 3.04. The second kappa shape index (κ2) is 4.57. The Morgan fingerprint density at radius 2 is 2.16 bits per heavy atom. The van der Waals surface area contributed by atoms with Crippen molar-refractivity contribution in [2.24, 2.45) is 0 Å². The van der Waals surface area contributed by atoms with E-state index in [0.717, 1.165) is 16.7 Å². The Hall–Kier alpha value is -2.62. The molecule has 0 atom stereocenters. The van der Waals surface area contributed by atoms with Gasteiger partial charge < -0.3 is 9.32 Å². The minimum absolute atomic E-state index is 0.0731. The lowest BCUT2D eigenvalue weighted by molar-refractivity contribution is 0.0993. The number of pyridine rings is 1. The summed E-state index contributed by atoms with van der Waals surface area (Å²) in [5.41, 5.74) is 2.17. The summed E-state index contributed by atoms with van der Waals surface area (Å²) in [6, 6.07) is 10.9. The van der Waals surface area contributed by atoms with Crippen LogP contribution < -0.4 is 4.90 Å². The lowest BCUT2D eigenvalue weighted by atomic mass is 10.1. The molecule has 1 aromatic carbocycles. The van der Waals surface area contributed by atoms with E-state index in [4.69, 9.17) is 4.42 Å². The van der Waals surface area contributed by atoms with Crippen molar-refractivity contribution in [3.8, 4) is 0 Å². The maximum atomic E-state index is 12.4. The largest absolute Gasteiger partial charge is 0.464 e. The van der Waals surface area contributed by atoms with E-state index in [9.17, 15) is 4.79 Å². The number of anilines is 1. The molecule has 3 aromatic rings. The first-order chi connectivity index (χ1) is 9.25. The molecule has 0 radical (unpaired) electrons. The molecule has 94 valence electrons. The molecule has 0 bridgehead atoms. The van der Waals surface area contributed by atoms with Gasteiger partial charge in [-0.15, -0.1) is 0 Å². The van der Waals surface area contributed by atoms with Gasteiger partial charge in [-0.05, 0) is 36.4 Å². The van der Waals surface area contributed by atoms with Crippen LogP contribution in [0.1, 0.15) is 10.4 Å². The molecule has 0 saturated carbocycles. The molecule has 0 aliphatic heterocycles. The van der Waals surface area contributed by atoms with Gasteiger partial charge in [0.05, 0.1) is 18.1 Å². The molecule has 0 saturated heterocycles. The SMILES string of the molecule is CN(C(=O)c1ccc2occc2c1)c1cccnc1. The highest BCUT2D eigenvalue weighted by atomic mass is 16.3. The Bertz CT molecular complexity index is 719. The fourth-order valence-corrected chi connectivity index (χ4v) is 1.96. The lowest BCUT2D eigenvalue weighted by Crippen LogP contribution is -2.26. The van der Waals surface area contributed by atoms with Gasteiger partial charge in [0.2, 0.25) is 0 Å². The molecule has 2 aromatic heterocycles. The van der Waals surface area contributed by atoms with Crippen LogP contribution in [-0.4, -0.2) is 17.9 Å². The molecule has 0 N–H and O–H groups in total. The first-order valence-electron chi connectivity index (χ1n) is 5.91. The predicted octanol–water partition coefficient (Wildman–Crippen LogP) is 3.10. The number of furan rings is 1. The highest BCUT2D eigenvalue weighted by Gasteiger charge is 2.14. The van der Waals surface area contributed by atoms with E-state index in [1.807, 2.05) is 18.2 Å². The number of hydrogen-bond acceptors (Lipinski definition) is 3. The van der Waals surface area contributed by atoms with Gasteiger partial charge in [0.1, 0.15) is 5.58 Å². The van der Waals surface area contributed by atoms with Crippen molar-refractivity contribution < 1.29 is 9.21 Å². The van der Waals surface area contributed by atoms with Crippen molar-refractivity contribution in [2.45, 2.75) is 0 Å². The zero-order valence-electron chi connectivity index (χ0n) is 10.4. The lowest BCUT2D eigenvalue weighted by Gasteiger charge is -2.16. The monoisotopic (exact) mass is 252 g/mol. The summed E-state index contributed by atoms with van der Waals surface area (Å²) in [5.74, 6) is -0.0731. The van der Waals surface area contributed by atoms with Gasteiger partial charge in [0.15, 0.2) is 0 Å². The molecule has 4 heteroatoms. The molecule has 0 aliphatic carbocycles. The molecule has 0 aliphatic rings. The van der Waals surface area contributed by atoms with Crippen molar-refractivity contribution in [2.75, 3.05) is 11.9 Å². The number of aromatic nitrogens is 1. The molecular formula is C15H12N2O2. The Morgan fingerprint density at radius 3 is 2.95 bits per heavy atom. The van der Waals surface area contributed by atoms with Crippen molar-refractivity contribution in [3.05, 3.63) is 60.6 Å². The zero-order chi connectivity index (χ0) is 13.2. The van der Waals surface area contributed by atoms with Crippen molar-refractivity contribution >= 4 is 22.6 Å². The topological polar surface area (TPSA) is 46.3 Å². The Morgan fingerprint density at radius 1 is 1.26 bits per heavy atom. The fourth-order valence-electron chi connectivity index (χ4n) is 1.96. The number of nitrogens with zero attached hydrogens (tertiary/aromatic N) is 2. The molecule has 2 heterocycles. The number of amides is 1. The average molecular weight is 252 g/mol. The van der Waals surface area contributed by atoms with Crippen LogP contribution in [0.4, 0.5) is 5.69 Å². The van der Waals surface area contributed by atoms with Crippen LogP contribution in [0.25, 0.3) is 11.0 Å². The normalized spacial score (nSPS) is 10.6. The van der Waals surface area contributed by atoms with Crippen LogP contribution in [0.2, 0.25) is 0 Å². The van der Waals surface area contributed by atoms with E-state index in [2.05, 4.69) is 4.98 Å². The van der Waals surface area contributed by atoms with Gasteiger partial charge in [-0.1, -0.05) is 0 Å². The van der Waals surface area contributed by atoms with Crippen LogP contribution in [0.3, 0.4) is 0 Å². The highest BCUT2D eigenvalue weighted by Crippen LogP contribution is 2.19. The van der Waals surface area contributed by atoms with Crippen molar-refractivity contribution in [1.29, 1.82) is 0 Å². The summed E-state index contributed by atoms with van der Waals surface area (Å²) >= 11 is 0. The smallest absolute Gasteiger partial charge is 0.258 e. The van der Waals surface area contributed by atoms with E-state index in [0.29, 0.717) is 5.56 Å². The standard InChI is InChI=1S/C15H12N2O2/c1-17(13-3-2-7-16-10-13)15(18)12-4-5-14-11(9-12)6-8-19-14/h2-10H,1H3. The molecular weight excluding hydrogens is 240 g/mol. The third-order valence-corrected chi connectivity index (χ3v) is 3.04. The predicted molar refractivity (Wildman–Crippen MR) is 73.2 cm³/mol. The van der Waals surface area contributed by atoms with Crippen molar-refractivity contribution in [1.82, 2.24) is 4.98 Å². The Kier molecular flexibility index (Phi) is 2.76. The Labute approximate surface area is 110 Å². The molecule has 0 fully saturated rings. The van der Waals surface area contributed by atoms with E-state index in [1.165, 1.54) is 0 Å².